The highest BCUT2D eigenvalue weighted by atomic mass is 16.5. The van der Waals surface area contributed by atoms with Crippen molar-refractivity contribution < 1.29 is 4.74 Å². The Labute approximate surface area is 117 Å². The second-order valence-corrected chi connectivity index (χ2v) is 6.28. The van der Waals surface area contributed by atoms with Gasteiger partial charge in [-0.15, -0.1) is 0 Å². The summed E-state index contributed by atoms with van der Waals surface area (Å²) in [5.74, 6) is 0.913. The monoisotopic (exact) mass is 268 g/mol. The Kier molecular flexibility index (Phi) is 5.82. The van der Waals surface area contributed by atoms with Crippen LogP contribution in [0.5, 0.6) is 0 Å². The molecular weight excluding hydrogens is 240 g/mol. The molecule has 0 radical (unpaired) electrons. The molecule has 0 amide bonds. The lowest BCUT2D eigenvalue weighted by atomic mass is 9.93. The van der Waals surface area contributed by atoms with E-state index in [0.29, 0.717) is 6.61 Å². The van der Waals surface area contributed by atoms with Crippen LogP contribution >= 0.6 is 0 Å². The summed E-state index contributed by atoms with van der Waals surface area (Å²) in [5.41, 5.74) is 0.200. The number of nitrogens with zero attached hydrogens (tertiary/aromatic N) is 3. The van der Waals surface area contributed by atoms with Gasteiger partial charge in [-0.05, 0) is 26.4 Å². The van der Waals surface area contributed by atoms with Crippen molar-refractivity contribution in [1.82, 2.24) is 14.5 Å². The Morgan fingerprint density at radius 1 is 1.47 bits per heavy atom. The molecule has 0 bridgehead atoms. The molecule has 1 aromatic rings. The predicted molar refractivity (Wildman–Crippen MR) is 79.5 cm³/mol. The van der Waals surface area contributed by atoms with Crippen LogP contribution in [0, 0.1) is 5.41 Å². The third-order valence-corrected chi connectivity index (χ3v) is 2.85. The van der Waals surface area contributed by atoms with E-state index in [1.807, 2.05) is 12.4 Å². The lowest BCUT2D eigenvalue weighted by Gasteiger charge is -2.29. The molecule has 0 spiro atoms. The average molecular weight is 268 g/mol. The first-order valence-corrected chi connectivity index (χ1v) is 6.75. The number of rotatable bonds is 8. The number of ether oxygens (including phenoxy) is 1. The third-order valence-electron chi connectivity index (χ3n) is 2.85. The fraction of sp³-hybridized carbons (Fsp3) is 0.786. The van der Waals surface area contributed by atoms with Crippen LogP contribution in [0.3, 0.4) is 0 Å². The molecule has 110 valence electrons. The van der Waals surface area contributed by atoms with E-state index in [0.717, 1.165) is 19.0 Å². The van der Waals surface area contributed by atoms with Crippen LogP contribution < -0.4 is 5.32 Å². The van der Waals surface area contributed by atoms with Gasteiger partial charge in [0.05, 0.1) is 6.61 Å². The molecule has 1 N–H and O–H groups in total. The number of anilines is 1. The van der Waals surface area contributed by atoms with Gasteiger partial charge in [0.25, 0.3) is 0 Å². The van der Waals surface area contributed by atoms with Crippen LogP contribution in [-0.4, -0.2) is 54.8 Å². The first-order chi connectivity index (χ1) is 8.84. The van der Waals surface area contributed by atoms with Gasteiger partial charge in [-0.3, -0.25) is 0 Å². The average Bonchev–Trinajstić information content (AvgIpc) is 2.62. The maximum absolute atomic E-state index is 5.14. The number of aromatic nitrogens is 2. The van der Waals surface area contributed by atoms with Crippen LogP contribution in [-0.2, 0) is 11.3 Å². The van der Waals surface area contributed by atoms with Gasteiger partial charge in [0.2, 0.25) is 5.95 Å². The summed E-state index contributed by atoms with van der Waals surface area (Å²) in [6.45, 7) is 9.29. The van der Waals surface area contributed by atoms with E-state index in [2.05, 4.69) is 54.6 Å². The van der Waals surface area contributed by atoms with Crippen molar-refractivity contribution >= 4 is 5.95 Å². The minimum Gasteiger partial charge on any atom is -0.383 e. The van der Waals surface area contributed by atoms with E-state index in [1.54, 1.807) is 7.11 Å². The molecule has 0 aromatic carbocycles. The Balaban J connectivity index is 2.66. The summed E-state index contributed by atoms with van der Waals surface area (Å²) in [5, 5.41) is 3.38. The van der Waals surface area contributed by atoms with Gasteiger partial charge in [-0.1, -0.05) is 13.8 Å². The molecule has 1 heterocycles. The number of hydrogen-bond acceptors (Lipinski definition) is 4. The quantitative estimate of drug-likeness (QED) is 0.782. The molecule has 1 unspecified atom stereocenters. The summed E-state index contributed by atoms with van der Waals surface area (Å²) in [6, 6.07) is 0.253. The highest BCUT2D eigenvalue weighted by Crippen LogP contribution is 2.21. The normalized spacial score (nSPS) is 13.8. The molecule has 5 heteroatoms. The molecule has 5 nitrogen and oxygen atoms in total. The van der Waals surface area contributed by atoms with Crippen molar-refractivity contribution in [3.05, 3.63) is 12.4 Å². The van der Waals surface area contributed by atoms with Gasteiger partial charge in [0, 0.05) is 38.6 Å². The van der Waals surface area contributed by atoms with E-state index < -0.39 is 0 Å². The van der Waals surface area contributed by atoms with Crippen molar-refractivity contribution in [2.24, 2.45) is 5.41 Å². The first kappa shape index (κ1) is 16.0. The fourth-order valence-corrected chi connectivity index (χ4v) is 2.46. The molecule has 0 aliphatic heterocycles. The largest absolute Gasteiger partial charge is 0.383 e. The van der Waals surface area contributed by atoms with Crippen molar-refractivity contribution in [3.63, 3.8) is 0 Å². The van der Waals surface area contributed by atoms with E-state index in [1.165, 1.54) is 0 Å². The van der Waals surface area contributed by atoms with Crippen LogP contribution in [0.1, 0.15) is 20.8 Å². The molecule has 19 heavy (non-hydrogen) atoms. The summed E-state index contributed by atoms with van der Waals surface area (Å²) >= 11 is 0. The standard InChI is InChI=1S/C14H28N4O/c1-12(9-19-6)16-13-15-7-8-18(13)11-14(2,3)10-17(4)5/h7-8,12H,9-11H2,1-6H3,(H,15,16). The predicted octanol–water partition coefficient (Wildman–Crippen LogP) is 1.92. The van der Waals surface area contributed by atoms with Crippen molar-refractivity contribution in [2.45, 2.75) is 33.4 Å². The number of imidazole rings is 1. The Morgan fingerprint density at radius 2 is 2.16 bits per heavy atom. The fourth-order valence-electron chi connectivity index (χ4n) is 2.46. The molecule has 0 fully saturated rings. The number of hydrogen-bond donors (Lipinski definition) is 1. The van der Waals surface area contributed by atoms with Gasteiger partial charge in [0.15, 0.2) is 0 Å². The maximum Gasteiger partial charge on any atom is 0.203 e. The number of nitrogens with one attached hydrogen (secondary N) is 1. The van der Waals surface area contributed by atoms with E-state index in [9.17, 15) is 0 Å². The lowest BCUT2D eigenvalue weighted by Crippen LogP contribution is -2.33. The Hall–Kier alpha value is -1.07. The number of methoxy groups -OCH3 is 1. The second-order valence-electron chi connectivity index (χ2n) is 6.28. The second kappa shape index (κ2) is 6.91. The maximum atomic E-state index is 5.14. The summed E-state index contributed by atoms with van der Waals surface area (Å²) in [4.78, 5) is 6.60. The summed E-state index contributed by atoms with van der Waals surface area (Å²) in [7, 11) is 5.93. The van der Waals surface area contributed by atoms with Crippen molar-refractivity contribution in [1.29, 1.82) is 0 Å². The Bertz CT molecular complexity index is 373. The van der Waals surface area contributed by atoms with Gasteiger partial charge in [0.1, 0.15) is 0 Å². The van der Waals surface area contributed by atoms with Crippen LogP contribution in [0.25, 0.3) is 0 Å². The highest BCUT2D eigenvalue weighted by Gasteiger charge is 2.21. The molecule has 1 aromatic heterocycles. The zero-order chi connectivity index (χ0) is 14.5. The molecule has 1 rings (SSSR count). The zero-order valence-corrected chi connectivity index (χ0v) is 13.1. The van der Waals surface area contributed by atoms with E-state index in [4.69, 9.17) is 4.74 Å². The van der Waals surface area contributed by atoms with Crippen LogP contribution in [0.2, 0.25) is 0 Å². The van der Waals surface area contributed by atoms with E-state index >= 15 is 0 Å². The van der Waals surface area contributed by atoms with Gasteiger partial charge < -0.3 is 19.5 Å². The lowest BCUT2D eigenvalue weighted by molar-refractivity contribution is 0.189. The molecule has 0 saturated heterocycles. The van der Waals surface area contributed by atoms with Crippen LogP contribution in [0.15, 0.2) is 12.4 Å². The first-order valence-electron chi connectivity index (χ1n) is 6.75. The minimum absolute atomic E-state index is 0.200. The van der Waals surface area contributed by atoms with Gasteiger partial charge in [-0.2, -0.15) is 0 Å². The zero-order valence-electron chi connectivity index (χ0n) is 13.1. The smallest absolute Gasteiger partial charge is 0.203 e. The molecule has 0 saturated carbocycles. The van der Waals surface area contributed by atoms with Crippen molar-refractivity contribution in [3.8, 4) is 0 Å². The molecule has 1 atom stereocenters. The highest BCUT2D eigenvalue weighted by molar-refractivity contribution is 5.27. The third kappa shape index (κ3) is 5.61. The van der Waals surface area contributed by atoms with Gasteiger partial charge in [-0.25, -0.2) is 4.98 Å². The van der Waals surface area contributed by atoms with E-state index in [-0.39, 0.29) is 11.5 Å². The van der Waals surface area contributed by atoms with Crippen molar-refractivity contribution in [2.75, 3.05) is 39.7 Å². The van der Waals surface area contributed by atoms with Crippen LogP contribution in [0.4, 0.5) is 5.95 Å². The molecule has 0 aliphatic carbocycles. The Morgan fingerprint density at radius 3 is 2.74 bits per heavy atom. The van der Waals surface area contributed by atoms with Gasteiger partial charge >= 0.3 is 0 Å². The summed E-state index contributed by atoms with van der Waals surface area (Å²) < 4.78 is 7.32. The topological polar surface area (TPSA) is 42.3 Å². The minimum atomic E-state index is 0.200. The SMILES string of the molecule is COCC(C)Nc1nccn1CC(C)(C)CN(C)C. The molecule has 0 aliphatic rings. The summed E-state index contributed by atoms with van der Waals surface area (Å²) in [6.07, 6.45) is 3.87. The molecular formula is C14H28N4O.